The molecule has 0 saturated heterocycles. The minimum absolute atomic E-state index is 0.0472. The minimum Gasteiger partial charge on any atom is -0.337 e. The molecule has 12 heteroatoms. The van der Waals surface area contributed by atoms with Crippen molar-refractivity contribution in [2.24, 2.45) is 10.1 Å². The number of nitro benzene ring substituents is 1. The van der Waals surface area contributed by atoms with Crippen molar-refractivity contribution in [3.63, 3.8) is 0 Å². The smallest absolute Gasteiger partial charge is 0.291 e. The van der Waals surface area contributed by atoms with E-state index in [2.05, 4.69) is 20.1 Å². The molecule has 1 N–H and O–H groups in total. The Morgan fingerprint density at radius 1 is 1.05 bits per heavy atom. The number of nitriles is 2. The summed E-state index contributed by atoms with van der Waals surface area (Å²) in [5, 5.41) is 35.8. The minimum atomic E-state index is -0.874. The molecular formula is C29H17FN8O3. The third-order valence-corrected chi connectivity index (χ3v) is 6.11. The number of non-ortho nitro benzene ring substituents is 1. The van der Waals surface area contributed by atoms with Crippen LogP contribution in [0.25, 0.3) is 22.2 Å². The molecule has 0 bridgehead atoms. The van der Waals surface area contributed by atoms with Crippen molar-refractivity contribution >= 4 is 34.5 Å². The second-order valence-corrected chi connectivity index (χ2v) is 8.69. The lowest BCUT2D eigenvalue weighted by Crippen LogP contribution is -2.23. The standard InChI is InChI=1S/C29H17FN8O3/c1-17(27-34-24-4-2-3-5-25(24)35-27)36-37-28(33-16-18-6-10-20(30)11-7-18)22(14-31)26(23(15-32)29(37)39)19-8-12-21(13-9-19)38(40)41/h2-13,16H,1H3,(H,34,35)/b33-16+,36-17+. The van der Waals surface area contributed by atoms with Gasteiger partial charge in [-0.1, -0.05) is 24.3 Å². The van der Waals surface area contributed by atoms with Crippen molar-refractivity contribution in [2.75, 3.05) is 0 Å². The van der Waals surface area contributed by atoms with E-state index in [0.717, 1.165) is 10.2 Å². The van der Waals surface area contributed by atoms with Gasteiger partial charge in [-0.3, -0.25) is 14.9 Å². The number of halogens is 1. The van der Waals surface area contributed by atoms with Gasteiger partial charge in [0, 0.05) is 23.9 Å². The Kier molecular flexibility index (Phi) is 6.97. The Balaban J connectivity index is 1.78. The number of H-pyrrole nitrogens is 1. The molecule has 0 unspecified atom stereocenters. The van der Waals surface area contributed by atoms with Gasteiger partial charge in [-0.2, -0.15) is 20.3 Å². The Morgan fingerprint density at radius 2 is 1.73 bits per heavy atom. The molecule has 0 aliphatic heterocycles. The van der Waals surface area contributed by atoms with Crippen molar-refractivity contribution in [1.29, 1.82) is 10.5 Å². The van der Waals surface area contributed by atoms with Crippen LogP contribution in [-0.4, -0.2) is 31.5 Å². The highest BCUT2D eigenvalue weighted by atomic mass is 19.1. The highest BCUT2D eigenvalue weighted by Crippen LogP contribution is 2.33. The van der Waals surface area contributed by atoms with E-state index in [1.54, 1.807) is 13.0 Å². The summed E-state index contributed by atoms with van der Waals surface area (Å²) >= 11 is 0. The number of aromatic amines is 1. The number of aromatic nitrogens is 3. The molecule has 0 saturated carbocycles. The molecule has 0 atom stereocenters. The molecule has 0 amide bonds. The number of imidazole rings is 1. The SMILES string of the molecule is C/C(=N\n1c(/N=C/c2ccc(F)cc2)c(C#N)c(-c2ccc([N+](=O)[O-])cc2)c(C#N)c1=O)c1nc2ccccc2[nH]1. The molecule has 11 nitrogen and oxygen atoms in total. The van der Waals surface area contributed by atoms with Crippen LogP contribution in [0.1, 0.15) is 29.4 Å². The summed E-state index contributed by atoms with van der Waals surface area (Å²) in [6.07, 6.45) is 1.32. The van der Waals surface area contributed by atoms with Crippen LogP contribution in [0.15, 0.2) is 87.7 Å². The Morgan fingerprint density at radius 3 is 2.37 bits per heavy atom. The third kappa shape index (κ3) is 5.08. The van der Waals surface area contributed by atoms with Gasteiger partial charge >= 0.3 is 0 Å². The van der Waals surface area contributed by atoms with Crippen LogP contribution < -0.4 is 5.56 Å². The number of fused-ring (bicyclic) bond motifs is 1. The van der Waals surface area contributed by atoms with Crippen LogP contribution in [0, 0.1) is 38.6 Å². The zero-order valence-electron chi connectivity index (χ0n) is 21.2. The summed E-state index contributed by atoms with van der Waals surface area (Å²) in [7, 11) is 0. The highest BCUT2D eigenvalue weighted by Gasteiger charge is 2.24. The first-order chi connectivity index (χ1) is 19.8. The topological polar surface area (TPSA) is 166 Å². The predicted octanol–water partition coefficient (Wildman–Crippen LogP) is 5.21. The molecule has 0 aliphatic carbocycles. The van der Waals surface area contributed by atoms with Crippen molar-refractivity contribution < 1.29 is 9.31 Å². The molecule has 5 aromatic rings. The molecule has 5 rings (SSSR count). The van der Waals surface area contributed by atoms with E-state index in [1.165, 1.54) is 54.7 Å². The van der Waals surface area contributed by atoms with E-state index in [9.17, 15) is 29.8 Å². The number of nitrogens with one attached hydrogen (secondary N) is 1. The molecule has 0 radical (unpaired) electrons. The van der Waals surface area contributed by atoms with Gasteiger partial charge in [0.05, 0.1) is 16.0 Å². The maximum absolute atomic E-state index is 13.7. The van der Waals surface area contributed by atoms with Gasteiger partial charge in [0.15, 0.2) is 11.6 Å². The molecule has 3 aromatic carbocycles. The fourth-order valence-electron chi connectivity index (χ4n) is 4.12. The monoisotopic (exact) mass is 544 g/mol. The third-order valence-electron chi connectivity index (χ3n) is 6.11. The fraction of sp³-hybridized carbons (Fsp3) is 0.0345. The lowest BCUT2D eigenvalue weighted by molar-refractivity contribution is -0.384. The number of nitrogens with zero attached hydrogens (tertiary/aromatic N) is 7. The van der Waals surface area contributed by atoms with E-state index >= 15 is 0 Å². The van der Waals surface area contributed by atoms with Gasteiger partial charge in [0.1, 0.15) is 34.8 Å². The summed E-state index contributed by atoms with van der Waals surface area (Å²) in [5.41, 5.74) is 0.656. The van der Waals surface area contributed by atoms with E-state index < -0.39 is 21.9 Å². The van der Waals surface area contributed by atoms with Crippen molar-refractivity contribution in [3.8, 4) is 23.3 Å². The number of hydrogen-bond donors (Lipinski definition) is 1. The van der Waals surface area contributed by atoms with E-state index in [4.69, 9.17) is 0 Å². The van der Waals surface area contributed by atoms with E-state index in [0.29, 0.717) is 16.9 Å². The second kappa shape index (κ2) is 10.8. The van der Waals surface area contributed by atoms with Crippen molar-refractivity contribution in [1.82, 2.24) is 14.6 Å². The van der Waals surface area contributed by atoms with Crippen LogP contribution in [0.2, 0.25) is 0 Å². The predicted molar refractivity (Wildman–Crippen MR) is 150 cm³/mol. The fourth-order valence-corrected chi connectivity index (χ4v) is 4.12. The summed E-state index contributed by atoms with van der Waals surface area (Å²) < 4.78 is 14.3. The zero-order valence-corrected chi connectivity index (χ0v) is 21.2. The molecule has 0 fully saturated rings. The summed E-state index contributed by atoms with van der Waals surface area (Å²) in [4.78, 5) is 36.2. The molecule has 41 heavy (non-hydrogen) atoms. The normalized spacial score (nSPS) is 11.5. The van der Waals surface area contributed by atoms with Gasteiger partial charge < -0.3 is 4.98 Å². The number of pyridine rings is 1. The lowest BCUT2D eigenvalue weighted by atomic mass is 9.96. The van der Waals surface area contributed by atoms with Crippen molar-refractivity contribution in [3.05, 3.63) is 122 Å². The number of hydrogen-bond acceptors (Lipinski definition) is 8. The summed E-state index contributed by atoms with van der Waals surface area (Å²) in [5.74, 6) is -0.311. The maximum Gasteiger partial charge on any atom is 0.291 e. The van der Waals surface area contributed by atoms with Crippen molar-refractivity contribution in [2.45, 2.75) is 6.92 Å². The second-order valence-electron chi connectivity index (χ2n) is 8.69. The Bertz CT molecular complexity index is 1990. The number of rotatable bonds is 6. The van der Waals surface area contributed by atoms with Gasteiger partial charge in [-0.25, -0.2) is 14.4 Å². The molecule has 0 spiro atoms. The van der Waals surface area contributed by atoms with E-state index in [-0.39, 0.29) is 33.9 Å². The van der Waals surface area contributed by atoms with Gasteiger partial charge in [-0.15, -0.1) is 0 Å². The maximum atomic E-state index is 13.7. The van der Waals surface area contributed by atoms with Gasteiger partial charge in [-0.05, 0) is 54.4 Å². The average Bonchev–Trinajstić information content (AvgIpc) is 3.42. The van der Waals surface area contributed by atoms with Gasteiger partial charge in [0.25, 0.3) is 11.2 Å². The first kappa shape index (κ1) is 26.3. The van der Waals surface area contributed by atoms with E-state index in [1.807, 2.05) is 30.3 Å². The molecule has 2 aromatic heterocycles. The number of para-hydroxylation sites is 2. The highest BCUT2D eigenvalue weighted by molar-refractivity contribution is 5.98. The first-order valence-electron chi connectivity index (χ1n) is 12.0. The van der Waals surface area contributed by atoms with Crippen LogP contribution in [0.3, 0.4) is 0 Å². The average molecular weight is 545 g/mol. The molecule has 2 heterocycles. The van der Waals surface area contributed by atoms with Crippen LogP contribution in [0.4, 0.5) is 15.9 Å². The Labute approximate surface area is 230 Å². The van der Waals surface area contributed by atoms with Crippen LogP contribution in [-0.2, 0) is 0 Å². The number of benzene rings is 3. The summed E-state index contributed by atoms with van der Waals surface area (Å²) in [6, 6.07) is 21.6. The summed E-state index contributed by atoms with van der Waals surface area (Å²) in [6.45, 7) is 1.60. The van der Waals surface area contributed by atoms with Crippen LogP contribution >= 0.6 is 0 Å². The molecular weight excluding hydrogens is 527 g/mol. The number of aliphatic imine (C=N–C) groups is 1. The first-order valence-corrected chi connectivity index (χ1v) is 12.0. The lowest BCUT2D eigenvalue weighted by Gasteiger charge is -2.13. The largest absolute Gasteiger partial charge is 0.337 e. The quantitative estimate of drug-likeness (QED) is 0.175. The zero-order chi connectivity index (χ0) is 29.1. The molecule has 0 aliphatic rings. The van der Waals surface area contributed by atoms with Crippen LogP contribution in [0.5, 0.6) is 0 Å². The Hall–Kier alpha value is -6.27. The number of nitro groups is 1. The molecule has 198 valence electrons. The van der Waals surface area contributed by atoms with Gasteiger partial charge in [0.2, 0.25) is 0 Å².